The highest BCUT2D eigenvalue weighted by Crippen LogP contribution is 2.26. The van der Waals surface area contributed by atoms with Crippen LogP contribution in [0.1, 0.15) is 38.7 Å². The molecule has 0 bridgehead atoms. The molecule has 0 N–H and O–H groups in total. The van der Waals surface area contributed by atoms with Crippen LogP contribution >= 0.6 is 11.8 Å². The molecule has 0 saturated carbocycles. The van der Waals surface area contributed by atoms with Crippen molar-refractivity contribution in [3.63, 3.8) is 0 Å². The Morgan fingerprint density at radius 2 is 1.79 bits per heavy atom. The molecule has 1 amide bonds. The third-order valence-corrected chi connectivity index (χ3v) is 6.76. The van der Waals surface area contributed by atoms with E-state index in [0.717, 1.165) is 30.3 Å². The fourth-order valence-corrected chi connectivity index (χ4v) is 4.96. The van der Waals surface area contributed by atoms with Gasteiger partial charge in [-0.25, -0.2) is 0 Å². The number of aryl methyl sites for hydroxylation is 1. The summed E-state index contributed by atoms with van der Waals surface area (Å²) in [6, 6.07) is 17.4. The third kappa shape index (κ3) is 4.80. The molecule has 0 aliphatic carbocycles. The Morgan fingerprint density at radius 3 is 2.55 bits per heavy atom. The Balaban J connectivity index is 1.65. The number of rotatable bonds is 9. The highest BCUT2D eigenvalue weighted by molar-refractivity contribution is 8.00. The molecular formula is C25H29N5O2S. The number of benzene rings is 2. The predicted octanol–water partition coefficient (Wildman–Crippen LogP) is 4.37. The van der Waals surface area contributed by atoms with Crippen LogP contribution in [-0.4, -0.2) is 42.3 Å². The SMILES string of the molecule is CCCCCn1c(=O)c2ccccc2n2c(SC(C)C(=O)N(C)Cc3ccccc3)nnc12. The predicted molar refractivity (Wildman–Crippen MR) is 133 cm³/mol. The van der Waals surface area contributed by atoms with Crippen molar-refractivity contribution < 1.29 is 4.79 Å². The van der Waals surface area contributed by atoms with Crippen molar-refractivity contribution in [3.05, 3.63) is 70.5 Å². The van der Waals surface area contributed by atoms with Crippen LogP contribution in [0.25, 0.3) is 16.7 Å². The molecule has 1 unspecified atom stereocenters. The first-order valence-corrected chi connectivity index (χ1v) is 12.2. The van der Waals surface area contributed by atoms with Gasteiger partial charge in [0.15, 0.2) is 5.16 Å². The number of hydrogen-bond donors (Lipinski definition) is 0. The van der Waals surface area contributed by atoms with E-state index < -0.39 is 0 Å². The summed E-state index contributed by atoms with van der Waals surface area (Å²) in [6.45, 7) is 5.16. The highest BCUT2D eigenvalue weighted by Gasteiger charge is 2.23. The first-order valence-electron chi connectivity index (χ1n) is 11.3. The molecule has 4 aromatic rings. The lowest BCUT2D eigenvalue weighted by Crippen LogP contribution is -2.32. The van der Waals surface area contributed by atoms with Crippen molar-refractivity contribution in [1.82, 2.24) is 24.1 Å². The minimum Gasteiger partial charge on any atom is -0.340 e. The first-order chi connectivity index (χ1) is 16.0. The summed E-state index contributed by atoms with van der Waals surface area (Å²) in [6.07, 6.45) is 3.02. The second-order valence-electron chi connectivity index (χ2n) is 8.24. The van der Waals surface area contributed by atoms with Gasteiger partial charge >= 0.3 is 0 Å². The number of carbonyl (C=O) groups is 1. The van der Waals surface area contributed by atoms with Crippen LogP contribution < -0.4 is 5.56 Å². The number of carbonyl (C=O) groups excluding carboxylic acids is 1. The maximum atomic E-state index is 13.2. The van der Waals surface area contributed by atoms with Crippen molar-refractivity contribution in [2.75, 3.05) is 7.05 Å². The van der Waals surface area contributed by atoms with Gasteiger partial charge in [-0.15, -0.1) is 10.2 Å². The Bertz CT molecular complexity index is 1320. The summed E-state index contributed by atoms with van der Waals surface area (Å²) >= 11 is 1.37. The number of nitrogens with zero attached hydrogens (tertiary/aromatic N) is 5. The van der Waals surface area contributed by atoms with E-state index >= 15 is 0 Å². The maximum Gasteiger partial charge on any atom is 0.262 e. The quantitative estimate of drug-likeness (QED) is 0.272. The number of fused-ring (bicyclic) bond motifs is 3. The standard InChI is InChI=1S/C25H29N5O2S/c1-4-5-11-16-29-23(32)20-14-9-10-15-21(20)30-24(29)26-27-25(30)33-18(2)22(31)28(3)17-19-12-7-6-8-13-19/h6-10,12-15,18H,4-5,11,16-17H2,1-3H3. The molecule has 8 heteroatoms. The van der Waals surface area contributed by atoms with Crippen LogP contribution in [0.3, 0.4) is 0 Å². The number of amides is 1. The van der Waals surface area contributed by atoms with E-state index in [1.165, 1.54) is 11.8 Å². The summed E-state index contributed by atoms with van der Waals surface area (Å²) in [7, 11) is 1.81. The van der Waals surface area contributed by atoms with Crippen molar-refractivity contribution in [3.8, 4) is 0 Å². The Hall–Kier alpha value is -3.13. The number of hydrogen-bond acceptors (Lipinski definition) is 5. The fraction of sp³-hybridized carbons (Fsp3) is 0.360. The average Bonchev–Trinajstić information content (AvgIpc) is 3.24. The van der Waals surface area contributed by atoms with Crippen LogP contribution in [0.5, 0.6) is 0 Å². The first kappa shape index (κ1) is 23.0. The third-order valence-electron chi connectivity index (χ3n) is 5.73. The molecular weight excluding hydrogens is 434 g/mol. The zero-order valence-corrected chi connectivity index (χ0v) is 20.1. The van der Waals surface area contributed by atoms with Crippen LogP contribution in [0.2, 0.25) is 0 Å². The van der Waals surface area contributed by atoms with Gasteiger partial charge in [-0.2, -0.15) is 0 Å². The molecule has 2 aromatic heterocycles. The topological polar surface area (TPSA) is 72.5 Å². The van der Waals surface area contributed by atoms with Gasteiger partial charge in [-0.1, -0.05) is 74.0 Å². The van der Waals surface area contributed by atoms with Crippen LogP contribution in [0.4, 0.5) is 0 Å². The van der Waals surface area contributed by atoms with E-state index in [9.17, 15) is 9.59 Å². The number of para-hydroxylation sites is 1. The largest absolute Gasteiger partial charge is 0.340 e. The lowest BCUT2D eigenvalue weighted by Gasteiger charge is -2.21. The van der Waals surface area contributed by atoms with Crippen molar-refractivity contribution in [1.29, 1.82) is 0 Å². The molecule has 0 radical (unpaired) electrons. The Morgan fingerprint density at radius 1 is 1.06 bits per heavy atom. The van der Waals surface area contributed by atoms with Gasteiger partial charge in [0.1, 0.15) is 0 Å². The molecule has 172 valence electrons. The zero-order valence-electron chi connectivity index (χ0n) is 19.3. The van der Waals surface area contributed by atoms with Gasteiger partial charge in [0, 0.05) is 20.1 Å². The molecule has 0 fully saturated rings. The highest BCUT2D eigenvalue weighted by atomic mass is 32.2. The minimum atomic E-state index is -0.356. The molecule has 0 aliphatic rings. The van der Waals surface area contributed by atoms with Crippen molar-refractivity contribution in [2.45, 2.75) is 56.6 Å². The minimum absolute atomic E-state index is 0.0150. The summed E-state index contributed by atoms with van der Waals surface area (Å²) in [5, 5.41) is 9.63. The molecule has 7 nitrogen and oxygen atoms in total. The van der Waals surface area contributed by atoms with Gasteiger partial charge in [0.2, 0.25) is 11.7 Å². The van der Waals surface area contributed by atoms with Crippen LogP contribution in [-0.2, 0) is 17.9 Å². The molecule has 0 saturated heterocycles. The second-order valence-corrected chi connectivity index (χ2v) is 9.55. The van der Waals surface area contributed by atoms with Crippen LogP contribution in [0, 0.1) is 0 Å². The molecule has 2 heterocycles. The van der Waals surface area contributed by atoms with E-state index in [4.69, 9.17) is 0 Å². The number of thioether (sulfide) groups is 1. The second kappa shape index (κ2) is 10.2. The number of aromatic nitrogens is 4. The van der Waals surface area contributed by atoms with Gasteiger partial charge in [-0.3, -0.25) is 18.6 Å². The smallest absolute Gasteiger partial charge is 0.262 e. The average molecular weight is 464 g/mol. The molecule has 4 rings (SSSR count). The van der Waals surface area contributed by atoms with Gasteiger partial charge in [-0.05, 0) is 31.0 Å². The molecule has 1 atom stereocenters. The van der Waals surface area contributed by atoms with E-state index in [2.05, 4.69) is 17.1 Å². The van der Waals surface area contributed by atoms with Crippen molar-refractivity contribution >= 4 is 34.3 Å². The van der Waals surface area contributed by atoms with Crippen LogP contribution in [0.15, 0.2) is 64.5 Å². The Kier molecular flexibility index (Phi) is 7.13. The monoisotopic (exact) mass is 463 g/mol. The zero-order chi connectivity index (χ0) is 23.4. The lowest BCUT2D eigenvalue weighted by molar-refractivity contribution is -0.129. The molecule has 0 spiro atoms. The lowest BCUT2D eigenvalue weighted by atomic mass is 10.2. The van der Waals surface area contributed by atoms with E-state index in [1.54, 1.807) is 9.47 Å². The summed E-state index contributed by atoms with van der Waals surface area (Å²) in [5.74, 6) is 0.538. The van der Waals surface area contributed by atoms with Gasteiger partial charge < -0.3 is 4.90 Å². The number of unbranched alkanes of at least 4 members (excludes halogenated alkanes) is 2. The summed E-state index contributed by atoms with van der Waals surface area (Å²) < 4.78 is 3.62. The van der Waals surface area contributed by atoms with Gasteiger partial charge in [0.25, 0.3) is 5.56 Å². The molecule has 0 aliphatic heterocycles. The van der Waals surface area contributed by atoms with E-state index in [-0.39, 0.29) is 16.7 Å². The normalized spacial score (nSPS) is 12.3. The molecule has 33 heavy (non-hydrogen) atoms. The molecule has 2 aromatic carbocycles. The van der Waals surface area contributed by atoms with E-state index in [1.807, 2.05) is 73.0 Å². The summed E-state index contributed by atoms with van der Waals surface area (Å²) in [4.78, 5) is 27.9. The maximum absolute atomic E-state index is 13.2. The van der Waals surface area contributed by atoms with Crippen molar-refractivity contribution in [2.24, 2.45) is 0 Å². The summed E-state index contributed by atoms with van der Waals surface area (Å²) in [5.41, 5.74) is 1.79. The Labute approximate surface area is 197 Å². The van der Waals surface area contributed by atoms with E-state index in [0.29, 0.717) is 29.4 Å². The van der Waals surface area contributed by atoms with Gasteiger partial charge in [0.05, 0.1) is 16.2 Å². The fourth-order valence-electron chi connectivity index (χ4n) is 3.99.